The summed E-state index contributed by atoms with van der Waals surface area (Å²) in [5.41, 5.74) is 3.03. The van der Waals surface area contributed by atoms with E-state index in [9.17, 15) is 18.4 Å². The first-order chi connectivity index (χ1) is 18.7. The van der Waals surface area contributed by atoms with Gasteiger partial charge in [-0.25, -0.2) is 8.78 Å². The number of methoxy groups -OCH3 is 1. The van der Waals surface area contributed by atoms with Crippen molar-refractivity contribution in [3.63, 3.8) is 0 Å². The van der Waals surface area contributed by atoms with E-state index >= 15 is 0 Å². The maximum absolute atomic E-state index is 14.2. The maximum Gasteiger partial charge on any atom is 0.273 e. The van der Waals surface area contributed by atoms with Crippen LogP contribution in [0.4, 0.5) is 14.5 Å². The Morgan fingerprint density at radius 2 is 1.82 bits per heavy atom. The lowest BCUT2D eigenvalue weighted by molar-refractivity contribution is -0.128. The van der Waals surface area contributed by atoms with E-state index in [1.807, 2.05) is 41.1 Å². The predicted octanol–water partition coefficient (Wildman–Crippen LogP) is 5.75. The van der Waals surface area contributed by atoms with E-state index in [0.29, 0.717) is 23.5 Å². The Morgan fingerprint density at radius 1 is 1.05 bits per heavy atom. The van der Waals surface area contributed by atoms with Gasteiger partial charge >= 0.3 is 0 Å². The van der Waals surface area contributed by atoms with Crippen molar-refractivity contribution < 1.29 is 23.1 Å². The van der Waals surface area contributed by atoms with E-state index in [1.165, 1.54) is 30.1 Å². The number of aromatic nitrogens is 2. The molecule has 0 N–H and O–H groups in total. The second kappa shape index (κ2) is 10.4. The normalized spacial score (nSPS) is 15.6. The van der Waals surface area contributed by atoms with Crippen LogP contribution >= 0.6 is 0 Å². The van der Waals surface area contributed by atoms with E-state index in [2.05, 4.69) is 10.2 Å². The SMILES string of the molecule is CCC(F)(F)c1cccc(CC(=O)C2C(=O)N(c3ccc4cnn(Cc5ccc(OC)cc5)c4c3)N=C2C)c1. The van der Waals surface area contributed by atoms with E-state index < -0.39 is 17.7 Å². The molecular formula is C30H28F2N4O3. The predicted molar refractivity (Wildman–Crippen MR) is 145 cm³/mol. The summed E-state index contributed by atoms with van der Waals surface area (Å²) in [6, 6.07) is 18.9. The molecule has 0 aliphatic carbocycles. The molecule has 0 spiro atoms. The third-order valence-corrected chi connectivity index (χ3v) is 6.99. The summed E-state index contributed by atoms with van der Waals surface area (Å²) in [6.45, 7) is 3.56. The molecule has 1 atom stereocenters. The van der Waals surface area contributed by atoms with Crippen molar-refractivity contribution in [1.82, 2.24) is 9.78 Å². The third-order valence-electron chi connectivity index (χ3n) is 6.99. The first-order valence-corrected chi connectivity index (χ1v) is 12.7. The van der Waals surface area contributed by atoms with Crippen LogP contribution in [0.5, 0.6) is 5.75 Å². The Labute approximate surface area is 224 Å². The number of ether oxygens (including phenoxy) is 1. The average Bonchev–Trinajstić information content (AvgIpc) is 3.48. The van der Waals surface area contributed by atoms with Crippen LogP contribution in [0.15, 0.2) is 78.0 Å². The summed E-state index contributed by atoms with van der Waals surface area (Å²) in [7, 11) is 1.62. The highest BCUT2D eigenvalue weighted by Gasteiger charge is 2.39. The molecule has 1 unspecified atom stereocenters. The van der Waals surface area contributed by atoms with Gasteiger partial charge in [-0.15, -0.1) is 0 Å². The molecule has 1 aromatic heterocycles. The molecule has 3 aromatic carbocycles. The van der Waals surface area contributed by atoms with Crippen molar-refractivity contribution >= 4 is 34.0 Å². The zero-order valence-corrected chi connectivity index (χ0v) is 21.9. The first-order valence-electron chi connectivity index (χ1n) is 12.7. The van der Waals surface area contributed by atoms with Crippen molar-refractivity contribution in [3.8, 4) is 5.75 Å². The molecule has 39 heavy (non-hydrogen) atoms. The fourth-order valence-corrected chi connectivity index (χ4v) is 4.76. The molecular weight excluding hydrogens is 502 g/mol. The Kier molecular flexibility index (Phi) is 6.99. The number of rotatable bonds is 9. The van der Waals surface area contributed by atoms with Crippen LogP contribution in [-0.4, -0.2) is 34.3 Å². The van der Waals surface area contributed by atoms with Crippen LogP contribution in [-0.2, 0) is 28.5 Å². The molecule has 0 radical (unpaired) electrons. The van der Waals surface area contributed by atoms with E-state index in [1.54, 1.807) is 32.4 Å². The number of anilines is 1. The summed E-state index contributed by atoms with van der Waals surface area (Å²) in [4.78, 5) is 26.5. The number of nitrogens with zero attached hydrogens (tertiary/aromatic N) is 4. The lowest BCUT2D eigenvalue weighted by Gasteiger charge is -2.16. The lowest BCUT2D eigenvalue weighted by atomic mass is 9.92. The van der Waals surface area contributed by atoms with Crippen molar-refractivity contribution in [3.05, 3.63) is 89.6 Å². The van der Waals surface area contributed by atoms with Crippen molar-refractivity contribution in [2.45, 2.75) is 39.2 Å². The Morgan fingerprint density at radius 3 is 2.54 bits per heavy atom. The Balaban J connectivity index is 1.35. The minimum atomic E-state index is -2.98. The van der Waals surface area contributed by atoms with Crippen molar-refractivity contribution in [1.29, 1.82) is 0 Å². The number of ketones is 1. The summed E-state index contributed by atoms with van der Waals surface area (Å²) >= 11 is 0. The molecule has 4 aromatic rings. The molecule has 5 rings (SSSR count). The number of hydrogen-bond acceptors (Lipinski definition) is 5. The number of halogens is 2. The van der Waals surface area contributed by atoms with Crippen LogP contribution in [0.2, 0.25) is 0 Å². The van der Waals surface area contributed by atoms with Gasteiger partial charge in [0.2, 0.25) is 0 Å². The molecule has 0 fully saturated rings. The average molecular weight is 531 g/mol. The van der Waals surface area contributed by atoms with Crippen LogP contribution in [0.25, 0.3) is 10.9 Å². The molecule has 200 valence electrons. The number of alkyl halides is 2. The number of fused-ring (bicyclic) bond motifs is 1. The molecule has 2 heterocycles. The fourth-order valence-electron chi connectivity index (χ4n) is 4.76. The Bertz CT molecular complexity index is 1580. The molecule has 1 amide bonds. The molecule has 0 saturated carbocycles. The zero-order valence-electron chi connectivity index (χ0n) is 21.9. The number of amides is 1. The second-order valence-electron chi connectivity index (χ2n) is 9.62. The summed E-state index contributed by atoms with van der Waals surface area (Å²) in [5.74, 6) is -4.13. The van der Waals surface area contributed by atoms with Gasteiger partial charge in [0.1, 0.15) is 11.7 Å². The van der Waals surface area contributed by atoms with E-state index in [-0.39, 0.29) is 24.2 Å². The topological polar surface area (TPSA) is 76.8 Å². The summed E-state index contributed by atoms with van der Waals surface area (Å²) in [5, 5.41) is 11.0. The lowest BCUT2D eigenvalue weighted by Crippen LogP contribution is -2.33. The zero-order chi connectivity index (χ0) is 27.7. The standard InChI is InChI=1S/C30H28F2N4O3/c1-4-30(31,32)23-7-5-6-21(14-23)15-27(37)28-19(2)34-36(29(28)38)24-11-10-22-17-33-35(26(22)16-24)18-20-8-12-25(39-3)13-9-20/h5-14,16-17,28H,4,15,18H2,1-3H3. The number of hydrogen-bond donors (Lipinski definition) is 0. The fraction of sp³-hybridized carbons (Fsp3) is 0.267. The van der Waals surface area contributed by atoms with Crippen molar-refractivity contribution in [2.75, 3.05) is 12.1 Å². The third kappa shape index (κ3) is 5.16. The van der Waals surface area contributed by atoms with Gasteiger partial charge in [-0.1, -0.05) is 37.3 Å². The molecule has 9 heteroatoms. The van der Waals surface area contributed by atoms with Crippen molar-refractivity contribution in [2.24, 2.45) is 11.0 Å². The molecule has 0 saturated heterocycles. The Hall–Kier alpha value is -4.40. The number of carbonyl (C=O) groups is 2. The van der Waals surface area contributed by atoms with Crippen LogP contribution in [0.3, 0.4) is 0 Å². The first kappa shape index (κ1) is 26.2. The maximum atomic E-state index is 14.2. The van der Waals surface area contributed by atoms with E-state index in [0.717, 1.165) is 22.2 Å². The van der Waals surface area contributed by atoms with Gasteiger partial charge in [0.25, 0.3) is 11.8 Å². The highest BCUT2D eigenvalue weighted by atomic mass is 19.3. The number of carbonyl (C=O) groups excluding carboxylic acids is 2. The molecule has 1 aliphatic heterocycles. The number of hydrazone groups is 1. The van der Waals surface area contributed by atoms with Gasteiger partial charge in [0.15, 0.2) is 5.78 Å². The summed E-state index contributed by atoms with van der Waals surface area (Å²) < 4.78 is 35.4. The summed E-state index contributed by atoms with van der Waals surface area (Å²) in [6.07, 6.45) is 1.28. The molecule has 7 nitrogen and oxygen atoms in total. The largest absolute Gasteiger partial charge is 0.497 e. The van der Waals surface area contributed by atoms with Gasteiger partial charge in [0.05, 0.1) is 36.8 Å². The highest BCUT2D eigenvalue weighted by Crippen LogP contribution is 2.32. The number of Topliss-reactive ketones (excluding diaryl/α,β-unsaturated/α-hetero) is 1. The van der Waals surface area contributed by atoms with Gasteiger partial charge in [0, 0.05) is 23.8 Å². The van der Waals surface area contributed by atoms with Crippen LogP contribution < -0.4 is 9.75 Å². The second-order valence-corrected chi connectivity index (χ2v) is 9.62. The minimum absolute atomic E-state index is 0.139. The van der Waals surface area contributed by atoms with Gasteiger partial charge in [-0.2, -0.15) is 15.2 Å². The number of benzene rings is 3. The quantitative estimate of drug-likeness (QED) is 0.259. The van der Waals surface area contributed by atoms with E-state index in [4.69, 9.17) is 4.74 Å². The van der Waals surface area contributed by atoms with Gasteiger partial charge < -0.3 is 4.74 Å². The van der Waals surface area contributed by atoms with Gasteiger partial charge in [-0.3, -0.25) is 14.3 Å². The molecule has 1 aliphatic rings. The highest BCUT2D eigenvalue weighted by molar-refractivity contribution is 6.27. The van der Waals surface area contributed by atoms with Crippen LogP contribution in [0, 0.1) is 5.92 Å². The van der Waals surface area contributed by atoms with Crippen LogP contribution in [0.1, 0.15) is 37.0 Å². The monoisotopic (exact) mass is 530 g/mol. The minimum Gasteiger partial charge on any atom is -0.497 e. The smallest absolute Gasteiger partial charge is 0.273 e. The van der Waals surface area contributed by atoms with Gasteiger partial charge in [-0.05, 0) is 54.4 Å². The molecule has 0 bridgehead atoms.